The Labute approximate surface area is 440 Å². The molecule has 76 heavy (non-hydrogen) atoms. The molecule has 2 heterocycles. The number of aliphatic carboxylic acids is 1. The summed E-state index contributed by atoms with van der Waals surface area (Å²) < 4.78 is 37.0. The fraction of sp³-hybridized carbons (Fsp3) is 0.617. The van der Waals surface area contributed by atoms with E-state index in [2.05, 4.69) is 37.2 Å². The number of carbonyl (C=O) groups is 12. The minimum atomic E-state index is -5.08. The Morgan fingerprint density at radius 2 is 1.43 bits per heavy atom. The minimum Gasteiger partial charge on any atom is -0.497 e. The molecule has 0 aliphatic carbocycles. The molecule has 14 N–H and O–H groups in total. The lowest BCUT2D eigenvalue weighted by atomic mass is 9.96. The van der Waals surface area contributed by atoms with Crippen molar-refractivity contribution in [1.82, 2.24) is 42.1 Å². The zero-order chi connectivity index (χ0) is 57.4. The lowest BCUT2D eigenvalue weighted by molar-refractivity contribution is -0.192. The number of nitrogens with one attached hydrogen (secondary N) is 7. The number of primary amides is 3. The first-order valence-corrected chi connectivity index (χ1v) is 25.5. The van der Waals surface area contributed by atoms with Gasteiger partial charge in [-0.25, -0.2) is 4.79 Å². The Balaban J connectivity index is 0.00000263. The van der Waals surface area contributed by atoms with Crippen LogP contribution in [0.1, 0.15) is 91.0 Å². The second-order valence-electron chi connectivity index (χ2n) is 18.4. The summed E-state index contributed by atoms with van der Waals surface area (Å²) in [6.45, 7) is 6.75. The molecule has 424 valence electrons. The van der Waals surface area contributed by atoms with Crippen LogP contribution >= 0.6 is 11.8 Å². The van der Waals surface area contributed by atoms with Gasteiger partial charge in [0.05, 0.1) is 20.1 Å². The lowest BCUT2D eigenvalue weighted by Crippen LogP contribution is -2.61. The average Bonchev–Trinajstić information content (AvgIpc) is 3.84. The number of rotatable bonds is 18. The third-order valence-corrected chi connectivity index (χ3v) is 13.0. The lowest BCUT2D eigenvalue weighted by Gasteiger charge is -2.31. The molecule has 11 amide bonds. The molecule has 0 spiro atoms. The predicted molar refractivity (Wildman–Crippen MR) is 267 cm³/mol. The molecule has 25 nitrogen and oxygen atoms in total. The molecule has 1 aromatic carbocycles. The molecule has 2 aliphatic heterocycles. The molecular weight excluding hydrogens is 1030 g/mol. The standard InChI is InChI=1S/C45H69N11O12S.C2HF3O2/c1-6-25(4)38-44(66)51-28(15-16-34(46)57)40(62)52-31(21-35(47)58)41(63)54-32(23-69-18-8-10-37(60)50-30(42(64)55-38)20-26-11-13-27(68-5)14-12-26)45(67)56-17-7-9-33(56)43(65)53-29(19-24(2)3)39(61)49-22-36(48)59;3-2(4,5)1(6)7/h11-14,24-25,28-33,38H,6-10,15-23H2,1-5H3,(H2,46,57)(H2,47,58)(H2,48,59)(H,49,61)(H,50,60)(H,51,66)(H,52,62)(H,53,65)(H,54,63)(H,55,64);(H,6,7). The highest BCUT2D eigenvalue weighted by Crippen LogP contribution is 2.22. The van der Waals surface area contributed by atoms with Crippen LogP contribution in [0.25, 0.3) is 0 Å². The van der Waals surface area contributed by atoms with Gasteiger partial charge < -0.3 is 69.2 Å². The summed E-state index contributed by atoms with van der Waals surface area (Å²) in [6, 6.07) is -2.40. The van der Waals surface area contributed by atoms with E-state index in [4.69, 9.17) is 31.8 Å². The smallest absolute Gasteiger partial charge is 0.490 e. The number of benzene rings is 1. The van der Waals surface area contributed by atoms with E-state index in [-0.39, 0.29) is 62.5 Å². The van der Waals surface area contributed by atoms with Gasteiger partial charge >= 0.3 is 12.1 Å². The number of methoxy groups -OCH3 is 1. The number of hydrogen-bond donors (Lipinski definition) is 11. The number of likely N-dealkylation sites (tertiary alicyclic amines) is 1. The topological polar surface area (TPSA) is 400 Å². The van der Waals surface area contributed by atoms with Crippen LogP contribution in [0.5, 0.6) is 5.75 Å². The van der Waals surface area contributed by atoms with Gasteiger partial charge in [0.15, 0.2) is 0 Å². The normalized spacial score (nSPS) is 22.1. The first-order valence-electron chi connectivity index (χ1n) is 24.3. The minimum absolute atomic E-state index is 0.0237. The third-order valence-electron chi connectivity index (χ3n) is 11.8. The van der Waals surface area contributed by atoms with Crippen LogP contribution in [-0.4, -0.2) is 161 Å². The molecule has 0 radical (unpaired) electrons. The molecule has 0 saturated carbocycles. The van der Waals surface area contributed by atoms with Crippen molar-refractivity contribution in [2.75, 3.05) is 31.7 Å². The van der Waals surface area contributed by atoms with Crippen molar-refractivity contribution >= 4 is 82.7 Å². The fourth-order valence-electron chi connectivity index (χ4n) is 7.68. The largest absolute Gasteiger partial charge is 0.497 e. The number of ether oxygens (including phenoxy) is 1. The molecule has 2 saturated heterocycles. The maximum absolute atomic E-state index is 14.5. The third kappa shape index (κ3) is 22.7. The first kappa shape index (κ1) is 64.9. The van der Waals surface area contributed by atoms with E-state index in [9.17, 15) is 65.9 Å². The SMILES string of the molecule is CCC(C)C1NC(=O)C(Cc2ccc(OC)cc2)NC(=O)CCCSCC(C(=O)N2CCCC2C(=O)NC(CC(C)C)C(=O)NCC(N)=O)NC(=O)C(CC(N)=O)NC(=O)C(CCC(N)=O)NC1=O.O=C(O)C(F)(F)F. The number of thioether (sulfide) groups is 1. The summed E-state index contributed by atoms with van der Waals surface area (Å²) in [5.74, 6) is -11.4. The van der Waals surface area contributed by atoms with Crippen molar-refractivity contribution in [2.45, 2.75) is 140 Å². The Kier molecular flexibility index (Phi) is 27.0. The molecule has 8 atom stereocenters. The molecule has 29 heteroatoms. The molecule has 2 fully saturated rings. The monoisotopic (exact) mass is 1100 g/mol. The maximum Gasteiger partial charge on any atom is 0.490 e. The Morgan fingerprint density at radius 1 is 0.829 bits per heavy atom. The van der Waals surface area contributed by atoms with Crippen LogP contribution in [-0.2, 0) is 64.0 Å². The summed E-state index contributed by atoms with van der Waals surface area (Å²) in [5, 5.41) is 25.3. The van der Waals surface area contributed by atoms with E-state index < -0.39 is 145 Å². The van der Waals surface area contributed by atoms with Crippen molar-refractivity contribution in [3.8, 4) is 5.75 Å². The molecular formula is C47H70F3N11O14S. The number of nitrogens with zero attached hydrogens (tertiary/aromatic N) is 1. The fourth-order valence-corrected chi connectivity index (χ4v) is 8.66. The van der Waals surface area contributed by atoms with Crippen molar-refractivity contribution in [3.63, 3.8) is 0 Å². The first-order chi connectivity index (χ1) is 35.6. The van der Waals surface area contributed by atoms with Gasteiger partial charge in [-0.2, -0.15) is 24.9 Å². The number of halogens is 3. The molecule has 0 aromatic heterocycles. The van der Waals surface area contributed by atoms with Gasteiger partial charge in [0.25, 0.3) is 0 Å². The molecule has 0 bridgehead atoms. The maximum atomic E-state index is 14.5. The number of nitrogens with two attached hydrogens (primary N) is 3. The highest BCUT2D eigenvalue weighted by molar-refractivity contribution is 7.99. The van der Waals surface area contributed by atoms with E-state index in [1.807, 2.05) is 13.8 Å². The number of carbonyl (C=O) groups excluding carboxylic acids is 11. The van der Waals surface area contributed by atoms with Gasteiger partial charge in [0.1, 0.15) is 48.0 Å². The number of carboxylic acid groups (broad SMARTS) is 1. The van der Waals surface area contributed by atoms with Crippen LogP contribution in [0, 0.1) is 11.8 Å². The second kappa shape index (κ2) is 31.6. The van der Waals surface area contributed by atoms with E-state index >= 15 is 0 Å². The quantitative estimate of drug-likeness (QED) is 0.0768. The Hall–Kier alpha value is -7.20. The van der Waals surface area contributed by atoms with Gasteiger partial charge in [0.2, 0.25) is 65.0 Å². The number of amides is 11. The van der Waals surface area contributed by atoms with E-state index in [1.54, 1.807) is 38.1 Å². The Bertz CT molecular complexity index is 2240. The van der Waals surface area contributed by atoms with Crippen molar-refractivity contribution in [2.24, 2.45) is 29.0 Å². The van der Waals surface area contributed by atoms with Gasteiger partial charge in [-0.05, 0) is 67.4 Å². The molecule has 3 rings (SSSR count). The van der Waals surface area contributed by atoms with Crippen molar-refractivity contribution < 1.29 is 80.5 Å². The zero-order valence-corrected chi connectivity index (χ0v) is 43.7. The van der Waals surface area contributed by atoms with E-state index in [0.29, 0.717) is 24.2 Å². The predicted octanol–water partition coefficient (Wildman–Crippen LogP) is -1.87. The van der Waals surface area contributed by atoms with Crippen LogP contribution in [0.2, 0.25) is 0 Å². The summed E-state index contributed by atoms with van der Waals surface area (Å²) in [7, 11) is 1.50. The Morgan fingerprint density at radius 3 is 1.99 bits per heavy atom. The summed E-state index contributed by atoms with van der Waals surface area (Å²) in [6.07, 6.45) is -5.26. The van der Waals surface area contributed by atoms with E-state index in [0.717, 1.165) is 0 Å². The number of alkyl halides is 3. The van der Waals surface area contributed by atoms with Gasteiger partial charge in [-0.3, -0.25) is 52.7 Å². The molecule has 1 aromatic rings. The summed E-state index contributed by atoms with van der Waals surface area (Å²) in [4.78, 5) is 157. The van der Waals surface area contributed by atoms with Crippen LogP contribution in [0.15, 0.2) is 24.3 Å². The number of hydrogen-bond acceptors (Lipinski definition) is 14. The van der Waals surface area contributed by atoms with Crippen molar-refractivity contribution in [3.05, 3.63) is 29.8 Å². The van der Waals surface area contributed by atoms with Gasteiger partial charge in [-0.15, -0.1) is 0 Å². The van der Waals surface area contributed by atoms with Gasteiger partial charge in [0, 0.05) is 31.6 Å². The summed E-state index contributed by atoms with van der Waals surface area (Å²) >= 11 is 1.18. The summed E-state index contributed by atoms with van der Waals surface area (Å²) in [5.41, 5.74) is 16.8. The van der Waals surface area contributed by atoms with E-state index in [1.165, 1.54) is 23.8 Å². The second-order valence-corrected chi connectivity index (χ2v) is 19.6. The number of carboxylic acids is 1. The highest BCUT2D eigenvalue weighted by atomic mass is 32.2. The highest BCUT2D eigenvalue weighted by Gasteiger charge is 2.41. The van der Waals surface area contributed by atoms with Crippen LogP contribution < -0.4 is 59.2 Å². The van der Waals surface area contributed by atoms with Crippen LogP contribution in [0.4, 0.5) is 13.2 Å². The van der Waals surface area contributed by atoms with Gasteiger partial charge in [-0.1, -0.05) is 46.2 Å². The average molecular weight is 1100 g/mol. The zero-order valence-electron chi connectivity index (χ0n) is 42.9. The van der Waals surface area contributed by atoms with Crippen LogP contribution in [0.3, 0.4) is 0 Å². The van der Waals surface area contributed by atoms with Crippen molar-refractivity contribution in [1.29, 1.82) is 0 Å². The molecule has 8 unspecified atom stereocenters. The molecule has 2 aliphatic rings.